The fourth-order valence-electron chi connectivity index (χ4n) is 0.721. The molecule has 4 nitrogen and oxygen atoms in total. The zero-order valence-corrected chi connectivity index (χ0v) is 5.48. The first-order chi connectivity index (χ1) is 4.20. The predicted molar refractivity (Wildman–Crippen MR) is 32.2 cm³/mol. The van der Waals surface area contributed by atoms with E-state index < -0.39 is 16.3 Å². The van der Waals surface area contributed by atoms with Crippen molar-refractivity contribution in [2.75, 3.05) is 6.54 Å². The smallest absolute Gasteiger partial charge is 0.221 e. The molecule has 1 aliphatic rings. The summed E-state index contributed by atoms with van der Waals surface area (Å²) in [7, 11) is 0. The topological polar surface area (TPSA) is 66.4 Å². The number of carbonyl (C=O) groups excluding carboxylic acids is 1. The highest BCUT2D eigenvalue weighted by Gasteiger charge is 2.25. The van der Waals surface area contributed by atoms with Gasteiger partial charge in [-0.2, -0.15) is 0 Å². The molecule has 2 unspecified atom stereocenters. The van der Waals surface area contributed by atoms with Crippen molar-refractivity contribution in [3.05, 3.63) is 0 Å². The molecule has 0 aromatic carbocycles. The van der Waals surface area contributed by atoms with E-state index in [2.05, 4.69) is 5.32 Å². The molecule has 1 rings (SSSR count). The number of hydrogen-bond donors (Lipinski definition) is 2. The van der Waals surface area contributed by atoms with E-state index in [9.17, 15) is 9.00 Å². The van der Waals surface area contributed by atoms with Gasteiger partial charge in [-0.15, -0.1) is 0 Å². The molecule has 0 aromatic rings. The molecule has 1 aliphatic heterocycles. The zero-order valence-electron chi connectivity index (χ0n) is 4.66. The monoisotopic (exact) mass is 149 g/mol. The van der Waals surface area contributed by atoms with Crippen LogP contribution in [0.25, 0.3) is 0 Å². The molecule has 0 aromatic heterocycles. The Morgan fingerprint density at radius 3 is 2.67 bits per heavy atom. The average molecular weight is 149 g/mol. The molecular formula is C4H7NO3S. The lowest BCUT2D eigenvalue weighted by atomic mass is 10.4. The van der Waals surface area contributed by atoms with Crippen LogP contribution in [-0.4, -0.2) is 26.5 Å². The molecule has 1 heterocycles. The van der Waals surface area contributed by atoms with Gasteiger partial charge in [-0.25, -0.2) is 4.21 Å². The third kappa shape index (κ3) is 1.49. The third-order valence-electron chi connectivity index (χ3n) is 1.23. The summed E-state index contributed by atoms with van der Waals surface area (Å²) in [6.45, 7) is 0.335. The van der Waals surface area contributed by atoms with Gasteiger partial charge in [0, 0.05) is 13.0 Å². The summed E-state index contributed by atoms with van der Waals surface area (Å²) in [5.74, 6) is -0.137. The van der Waals surface area contributed by atoms with Crippen LogP contribution in [0.2, 0.25) is 0 Å². The van der Waals surface area contributed by atoms with Crippen LogP contribution in [-0.2, 0) is 15.9 Å². The first kappa shape index (κ1) is 6.70. The Hall–Kier alpha value is -0.420. The Labute approximate surface area is 54.9 Å². The molecule has 1 saturated heterocycles. The molecule has 52 valence electrons. The number of nitrogens with one attached hydrogen (secondary N) is 1. The molecule has 1 amide bonds. The minimum Gasteiger partial charge on any atom is -0.355 e. The van der Waals surface area contributed by atoms with Crippen LogP contribution in [0.5, 0.6) is 0 Å². The maximum Gasteiger partial charge on any atom is 0.221 e. The van der Waals surface area contributed by atoms with Gasteiger partial charge in [0.2, 0.25) is 5.91 Å². The zero-order chi connectivity index (χ0) is 6.85. The van der Waals surface area contributed by atoms with Crippen molar-refractivity contribution < 1.29 is 13.6 Å². The maximum absolute atomic E-state index is 10.4. The van der Waals surface area contributed by atoms with Crippen molar-refractivity contribution in [2.24, 2.45) is 0 Å². The Morgan fingerprint density at radius 2 is 2.44 bits per heavy atom. The van der Waals surface area contributed by atoms with Gasteiger partial charge in [-0.05, 0) is 0 Å². The van der Waals surface area contributed by atoms with Gasteiger partial charge in [-0.3, -0.25) is 4.79 Å². The second-order valence-corrected chi connectivity index (χ2v) is 3.13. The molecule has 1 fully saturated rings. The van der Waals surface area contributed by atoms with E-state index in [1.807, 2.05) is 0 Å². The molecule has 0 spiro atoms. The van der Waals surface area contributed by atoms with Gasteiger partial charge in [0.1, 0.15) is 0 Å². The summed E-state index contributed by atoms with van der Waals surface area (Å²) in [6, 6.07) is 0. The number of amides is 1. The van der Waals surface area contributed by atoms with Crippen LogP contribution in [0.15, 0.2) is 0 Å². The van der Waals surface area contributed by atoms with Crippen molar-refractivity contribution in [1.82, 2.24) is 5.32 Å². The summed E-state index contributed by atoms with van der Waals surface area (Å²) < 4.78 is 18.7. The molecule has 5 heteroatoms. The molecule has 2 atom stereocenters. The van der Waals surface area contributed by atoms with Crippen molar-refractivity contribution >= 4 is 17.0 Å². The minimum atomic E-state index is -1.84. The van der Waals surface area contributed by atoms with Crippen molar-refractivity contribution in [3.8, 4) is 0 Å². The van der Waals surface area contributed by atoms with Crippen LogP contribution in [0, 0.1) is 0 Å². The van der Waals surface area contributed by atoms with Gasteiger partial charge in [0.25, 0.3) is 0 Å². The van der Waals surface area contributed by atoms with E-state index in [4.69, 9.17) is 4.55 Å². The molecule has 0 radical (unpaired) electrons. The van der Waals surface area contributed by atoms with Crippen molar-refractivity contribution in [3.63, 3.8) is 0 Å². The van der Waals surface area contributed by atoms with Gasteiger partial charge < -0.3 is 9.87 Å². The van der Waals surface area contributed by atoms with E-state index in [1.54, 1.807) is 0 Å². The second-order valence-electron chi connectivity index (χ2n) is 1.91. The van der Waals surface area contributed by atoms with E-state index in [1.165, 1.54) is 0 Å². The number of hydrogen-bond acceptors (Lipinski definition) is 2. The minimum absolute atomic E-state index is 0.137. The SMILES string of the molecule is O=C1CC(S(=O)O)CN1. The Balaban J connectivity index is 2.48. The Kier molecular flexibility index (Phi) is 1.82. The molecule has 0 aliphatic carbocycles. The summed E-state index contributed by atoms with van der Waals surface area (Å²) in [6.07, 6.45) is 0.184. The predicted octanol–water partition coefficient (Wildman–Crippen LogP) is -0.903. The molecule has 0 bridgehead atoms. The van der Waals surface area contributed by atoms with E-state index in [0.717, 1.165) is 0 Å². The second kappa shape index (κ2) is 2.45. The fourth-order valence-corrected chi connectivity index (χ4v) is 1.24. The normalized spacial score (nSPS) is 29.9. The van der Waals surface area contributed by atoms with Gasteiger partial charge in [0.05, 0.1) is 5.25 Å². The lowest BCUT2D eigenvalue weighted by molar-refractivity contribution is -0.119. The highest BCUT2D eigenvalue weighted by Crippen LogP contribution is 2.04. The number of carbonyl (C=O) groups is 1. The molecular weight excluding hydrogens is 142 g/mol. The maximum atomic E-state index is 10.4. The Morgan fingerprint density at radius 1 is 1.78 bits per heavy atom. The lowest BCUT2D eigenvalue weighted by Gasteiger charge is -1.96. The van der Waals surface area contributed by atoms with Crippen LogP contribution in [0.3, 0.4) is 0 Å². The van der Waals surface area contributed by atoms with E-state index in [0.29, 0.717) is 6.54 Å². The third-order valence-corrected chi connectivity index (χ3v) is 2.13. The summed E-state index contributed by atoms with van der Waals surface area (Å²) in [5, 5.41) is 2.07. The molecule has 9 heavy (non-hydrogen) atoms. The van der Waals surface area contributed by atoms with E-state index in [-0.39, 0.29) is 12.3 Å². The average Bonchev–Trinajstić information content (AvgIpc) is 2.14. The van der Waals surface area contributed by atoms with Crippen molar-refractivity contribution in [2.45, 2.75) is 11.7 Å². The standard InChI is InChI=1S/C4H7NO3S/c6-4-1-3(2-5-4)9(7)8/h3H,1-2H2,(H,5,6)(H,7,8). The van der Waals surface area contributed by atoms with Crippen LogP contribution in [0.1, 0.15) is 6.42 Å². The van der Waals surface area contributed by atoms with Crippen LogP contribution in [0.4, 0.5) is 0 Å². The highest BCUT2D eigenvalue weighted by atomic mass is 32.2. The van der Waals surface area contributed by atoms with Crippen LogP contribution < -0.4 is 5.32 Å². The quantitative estimate of drug-likeness (QED) is 0.475. The van der Waals surface area contributed by atoms with Gasteiger partial charge in [-0.1, -0.05) is 0 Å². The summed E-state index contributed by atoms with van der Waals surface area (Å²) in [4.78, 5) is 10.4. The molecule has 0 saturated carbocycles. The van der Waals surface area contributed by atoms with Gasteiger partial charge in [0.15, 0.2) is 11.1 Å². The number of rotatable bonds is 1. The van der Waals surface area contributed by atoms with Crippen LogP contribution >= 0.6 is 0 Å². The largest absolute Gasteiger partial charge is 0.355 e. The summed E-state index contributed by atoms with van der Waals surface area (Å²) >= 11 is -1.84. The summed E-state index contributed by atoms with van der Waals surface area (Å²) in [5.41, 5.74) is 0. The van der Waals surface area contributed by atoms with Gasteiger partial charge >= 0.3 is 0 Å². The van der Waals surface area contributed by atoms with Crippen molar-refractivity contribution in [1.29, 1.82) is 0 Å². The lowest BCUT2D eigenvalue weighted by Crippen LogP contribution is -2.18. The first-order valence-corrected chi connectivity index (χ1v) is 3.73. The fraction of sp³-hybridized carbons (Fsp3) is 0.750. The van der Waals surface area contributed by atoms with E-state index >= 15 is 0 Å². The first-order valence-electron chi connectivity index (χ1n) is 2.56. The molecule has 2 N–H and O–H groups in total. The Bertz CT molecular complexity index is 158. The highest BCUT2D eigenvalue weighted by molar-refractivity contribution is 7.80.